The molecule has 0 aromatic heterocycles. The zero-order valence-corrected chi connectivity index (χ0v) is 11.0. The molecule has 0 saturated carbocycles. The van der Waals surface area contributed by atoms with Crippen LogP contribution in [0.1, 0.15) is 19.8 Å². The van der Waals surface area contributed by atoms with E-state index >= 15 is 0 Å². The molecule has 0 aliphatic carbocycles. The molecule has 1 aromatic carbocycles. The zero-order chi connectivity index (χ0) is 13.8. The van der Waals surface area contributed by atoms with Crippen LogP contribution in [0.25, 0.3) is 0 Å². The number of hydrogen-bond donors (Lipinski definition) is 0. The van der Waals surface area contributed by atoms with Crippen molar-refractivity contribution in [2.24, 2.45) is 0 Å². The molecule has 19 heavy (non-hydrogen) atoms. The van der Waals surface area contributed by atoms with Crippen molar-refractivity contribution >= 4 is 11.6 Å². The molecule has 1 aliphatic heterocycles. The Labute approximate surface area is 111 Å². The van der Waals surface area contributed by atoms with Crippen LogP contribution in [-0.4, -0.2) is 37.0 Å². The van der Waals surface area contributed by atoms with Crippen molar-refractivity contribution in [1.82, 2.24) is 4.90 Å². The molecule has 0 unspecified atom stereocenters. The molecule has 0 spiro atoms. The summed E-state index contributed by atoms with van der Waals surface area (Å²) in [5.74, 6) is -0.974. The van der Waals surface area contributed by atoms with Crippen molar-refractivity contribution in [2.45, 2.75) is 19.8 Å². The molecule has 1 heterocycles. The van der Waals surface area contributed by atoms with Gasteiger partial charge >= 0.3 is 0 Å². The average molecular weight is 268 g/mol. The largest absolute Gasteiger partial charge is 0.363 e. The Hall–Kier alpha value is -1.65. The molecule has 104 valence electrons. The summed E-state index contributed by atoms with van der Waals surface area (Å²) in [7, 11) is 0. The Balaban J connectivity index is 2.02. The Kier molecular flexibility index (Phi) is 4.35. The van der Waals surface area contributed by atoms with E-state index in [9.17, 15) is 13.6 Å². The van der Waals surface area contributed by atoms with Crippen LogP contribution in [0.15, 0.2) is 18.2 Å². The lowest BCUT2D eigenvalue weighted by Crippen LogP contribution is -2.49. The van der Waals surface area contributed by atoms with Gasteiger partial charge in [0.2, 0.25) is 5.91 Å². The summed E-state index contributed by atoms with van der Waals surface area (Å²) >= 11 is 0. The number of rotatable bonds is 3. The Morgan fingerprint density at radius 3 is 2.26 bits per heavy atom. The van der Waals surface area contributed by atoms with Gasteiger partial charge in [0.25, 0.3) is 0 Å². The van der Waals surface area contributed by atoms with Crippen molar-refractivity contribution < 1.29 is 13.6 Å². The number of carbonyl (C=O) groups excluding carboxylic acids is 1. The van der Waals surface area contributed by atoms with E-state index in [1.807, 2.05) is 6.92 Å². The first kappa shape index (κ1) is 13.8. The molecule has 3 nitrogen and oxygen atoms in total. The van der Waals surface area contributed by atoms with Crippen LogP contribution >= 0.6 is 0 Å². The van der Waals surface area contributed by atoms with E-state index in [1.165, 1.54) is 18.2 Å². The Morgan fingerprint density at radius 2 is 1.74 bits per heavy atom. The fourth-order valence-corrected chi connectivity index (χ4v) is 2.34. The molecule has 0 N–H and O–H groups in total. The summed E-state index contributed by atoms with van der Waals surface area (Å²) in [6, 6.07) is 3.87. The van der Waals surface area contributed by atoms with E-state index in [4.69, 9.17) is 0 Å². The number of amides is 1. The molecule has 1 amide bonds. The maximum atomic E-state index is 13.6. The molecule has 1 aliphatic rings. The summed E-state index contributed by atoms with van der Waals surface area (Å²) in [4.78, 5) is 15.2. The van der Waals surface area contributed by atoms with E-state index in [0.29, 0.717) is 32.6 Å². The number of piperazine rings is 1. The second kappa shape index (κ2) is 5.99. The van der Waals surface area contributed by atoms with Crippen molar-refractivity contribution in [2.75, 3.05) is 31.1 Å². The summed E-state index contributed by atoms with van der Waals surface area (Å²) in [6.07, 6.45) is 1.36. The highest BCUT2D eigenvalue weighted by molar-refractivity contribution is 5.76. The lowest BCUT2D eigenvalue weighted by atomic mass is 10.2. The molecule has 0 atom stereocenters. The Bertz CT molecular complexity index is 437. The first-order valence-electron chi connectivity index (χ1n) is 6.60. The summed E-state index contributed by atoms with van der Waals surface area (Å²) < 4.78 is 27.3. The van der Waals surface area contributed by atoms with Gasteiger partial charge in [-0.15, -0.1) is 0 Å². The molecular weight excluding hydrogens is 250 g/mol. The predicted octanol–water partition coefficient (Wildman–Crippen LogP) is 2.41. The zero-order valence-electron chi connectivity index (χ0n) is 11.0. The average Bonchev–Trinajstić information content (AvgIpc) is 2.39. The van der Waals surface area contributed by atoms with Gasteiger partial charge in [-0.1, -0.05) is 13.0 Å². The van der Waals surface area contributed by atoms with E-state index in [0.717, 1.165) is 6.42 Å². The van der Waals surface area contributed by atoms with Crippen LogP contribution in [0.4, 0.5) is 14.5 Å². The van der Waals surface area contributed by atoms with Gasteiger partial charge in [0.15, 0.2) is 0 Å². The fourth-order valence-electron chi connectivity index (χ4n) is 2.34. The normalized spacial score (nSPS) is 15.7. The van der Waals surface area contributed by atoms with E-state index in [1.54, 1.807) is 9.80 Å². The second-order valence-corrected chi connectivity index (χ2v) is 4.69. The smallest absolute Gasteiger partial charge is 0.222 e. The van der Waals surface area contributed by atoms with E-state index in [2.05, 4.69) is 0 Å². The van der Waals surface area contributed by atoms with Gasteiger partial charge in [0, 0.05) is 32.6 Å². The predicted molar refractivity (Wildman–Crippen MR) is 70.1 cm³/mol. The van der Waals surface area contributed by atoms with Crippen molar-refractivity contribution in [3.8, 4) is 0 Å². The van der Waals surface area contributed by atoms with Gasteiger partial charge in [0.1, 0.15) is 17.3 Å². The highest BCUT2D eigenvalue weighted by atomic mass is 19.1. The molecule has 5 heteroatoms. The van der Waals surface area contributed by atoms with Crippen LogP contribution in [0.3, 0.4) is 0 Å². The molecule has 2 rings (SSSR count). The number of anilines is 1. The highest BCUT2D eigenvalue weighted by Gasteiger charge is 2.24. The minimum Gasteiger partial charge on any atom is -0.363 e. The summed E-state index contributed by atoms with van der Waals surface area (Å²) in [6.45, 7) is 3.93. The van der Waals surface area contributed by atoms with E-state index in [-0.39, 0.29) is 11.6 Å². The second-order valence-electron chi connectivity index (χ2n) is 4.69. The van der Waals surface area contributed by atoms with Gasteiger partial charge in [-0.3, -0.25) is 4.79 Å². The number of nitrogens with zero attached hydrogens (tertiary/aromatic N) is 2. The molecule has 1 saturated heterocycles. The van der Waals surface area contributed by atoms with Gasteiger partial charge < -0.3 is 9.80 Å². The van der Waals surface area contributed by atoms with Crippen LogP contribution in [0.2, 0.25) is 0 Å². The minimum atomic E-state index is -0.548. The fraction of sp³-hybridized carbons (Fsp3) is 0.500. The molecule has 0 radical (unpaired) electrons. The molecular formula is C14H18F2N2O. The van der Waals surface area contributed by atoms with Crippen LogP contribution in [0.5, 0.6) is 0 Å². The molecule has 1 aromatic rings. The van der Waals surface area contributed by atoms with Crippen LogP contribution < -0.4 is 4.90 Å². The molecule has 1 fully saturated rings. The van der Waals surface area contributed by atoms with Gasteiger partial charge in [-0.2, -0.15) is 0 Å². The first-order valence-corrected chi connectivity index (χ1v) is 6.60. The Morgan fingerprint density at radius 1 is 1.16 bits per heavy atom. The van der Waals surface area contributed by atoms with Gasteiger partial charge in [-0.25, -0.2) is 8.78 Å². The SMILES string of the molecule is CCCC(=O)N1CCN(c2c(F)cccc2F)CC1. The number of halogens is 2. The first-order chi connectivity index (χ1) is 9.13. The van der Waals surface area contributed by atoms with Crippen LogP contribution in [-0.2, 0) is 4.79 Å². The number of para-hydroxylation sites is 1. The topological polar surface area (TPSA) is 23.6 Å². The lowest BCUT2D eigenvalue weighted by Gasteiger charge is -2.36. The molecule has 0 bridgehead atoms. The monoisotopic (exact) mass is 268 g/mol. The minimum absolute atomic E-state index is 0.0186. The van der Waals surface area contributed by atoms with Crippen molar-refractivity contribution in [3.05, 3.63) is 29.8 Å². The van der Waals surface area contributed by atoms with E-state index < -0.39 is 11.6 Å². The van der Waals surface area contributed by atoms with Gasteiger partial charge in [-0.05, 0) is 18.6 Å². The maximum Gasteiger partial charge on any atom is 0.222 e. The summed E-state index contributed by atoms with van der Waals surface area (Å²) in [5.41, 5.74) is 0.0186. The van der Waals surface area contributed by atoms with Gasteiger partial charge in [0.05, 0.1) is 0 Å². The van der Waals surface area contributed by atoms with Crippen molar-refractivity contribution in [3.63, 3.8) is 0 Å². The third kappa shape index (κ3) is 3.03. The maximum absolute atomic E-state index is 13.6. The quantitative estimate of drug-likeness (QED) is 0.840. The summed E-state index contributed by atoms with van der Waals surface area (Å²) in [5, 5.41) is 0. The van der Waals surface area contributed by atoms with Crippen LogP contribution in [0, 0.1) is 11.6 Å². The third-order valence-electron chi connectivity index (χ3n) is 3.35. The standard InChI is InChI=1S/C14H18F2N2O/c1-2-4-13(19)17-7-9-18(10-8-17)14-11(15)5-3-6-12(14)16/h3,5-6H,2,4,7-10H2,1H3. The van der Waals surface area contributed by atoms with Crippen molar-refractivity contribution in [1.29, 1.82) is 0 Å². The lowest BCUT2D eigenvalue weighted by molar-refractivity contribution is -0.131. The third-order valence-corrected chi connectivity index (χ3v) is 3.35. The number of benzene rings is 1. The highest BCUT2D eigenvalue weighted by Crippen LogP contribution is 2.24. The number of carbonyl (C=O) groups is 1. The number of hydrogen-bond acceptors (Lipinski definition) is 2.